The van der Waals surface area contributed by atoms with Gasteiger partial charge < -0.3 is 20.4 Å². The Balaban J connectivity index is 1.26. The molecule has 0 spiro atoms. The van der Waals surface area contributed by atoms with E-state index in [1.807, 2.05) is 49.4 Å². The van der Waals surface area contributed by atoms with Gasteiger partial charge >= 0.3 is 5.97 Å². The van der Waals surface area contributed by atoms with Crippen molar-refractivity contribution in [1.29, 1.82) is 0 Å². The molecule has 0 radical (unpaired) electrons. The number of benzene rings is 1. The van der Waals surface area contributed by atoms with Crippen molar-refractivity contribution in [2.45, 2.75) is 32.2 Å². The minimum atomic E-state index is -0.351. The van der Waals surface area contributed by atoms with Crippen molar-refractivity contribution in [3.8, 4) is 22.6 Å². The number of rotatable bonds is 8. The summed E-state index contributed by atoms with van der Waals surface area (Å²) in [6.07, 6.45) is 6.33. The number of aryl methyl sites for hydroxylation is 1. The van der Waals surface area contributed by atoms with E-state index >= 15 is 0 Å². The largest absolute Gasteiger partial charge is 0.462 e. The fraction of sp³-hybridized carbons (Fsp3) is 0.333. The lowest BCUT2D eigenvalue weighted by Gasteiger charge is -2.23. The number of pyridine rings is 2. The fourth-order valence-electron chi connectivity index (χ4n) is 4.43. The van der Waals surface area contributed by atoms with Gasteiger partial charge in [0.15, 0.2) is 0 Å². The lowest BCUT2D eigenvalue weighted by Crippen LogP contribution is -2.40. The monoisotopic (exact) mass is 470 g/mol. The highest BCUT2D eigenvalue weighted by atomic mass is 16.5. The molecule has 0 bridgehead atoms. The third-order valence-corrected chi connectivity index (χ3v) is 6.30. The van der Waals surface area contributed by atoms with E-state index in [1.165, 1.54) is 0 Å². The molecule has 1 aliphatic rings. The van der Waals surface area contributed by atoms with Gasteiger partial charge in [-0.15, -0.1) is 0 Å². The lowest BCUT2D eigenvalue weighted by atomic mass is 10.0. The Hall–Kier alpha value is -3.62. The summed E-state index contributed by atoms with van der Waals surface area (Å²) in [5.41, 5.74) is 5.62. The van der Waals surface area contributed by atoms with Gasteiger partial charge in [0.05, 0.1) is 41.1 Å². The Morgan fingerprint density at radius 2 is 2.03 bits per heavy atom. The smallest absolute Gasteiger partial charge is 0.339 e. The third kappa shape index (κ3) is 5.55. The second-order valence-corrected chi connectivity index (χ2v) is 8.89. The van der Waals surface area contributed by atoms with Gasteiger partial charge in [0, 0.05) is 28.9 Å². The summed E-state index contributed by atoms with van der Waals surface area (Å²) in [5, 5.41) is 7.76. The number of fused-ring (bicyclic) bond motifs is 1. The number of hydrogen-bond donors (Lipinski definition) is 3. The number of piperidine rings is 1. The van der Waals surface area contributed by atoms with Crippen molar-refractivity contribution in [2.75, 3.05) is 26.2 Å². The molecule has 180 valence electrons. The first-order valence-electron chi connectivity index (χ1n) is 12.2. The van der Waals surface area contributed by atoms with Crippen molar-refractivity contribution in [3.05, 3.63) is 66.2 Å². The van der Waals surface area contributed by atoms with Gasteiger partial charge in [-0.25, -0.2) is 9.78 Å². The van der Waals surface area contributed by atoms with Crippen LogP contribution in [0.5, 0.6) is 0 Å². The topological polar surface area (TPSA) is 105 Å². The summed E-state index contributed by atoms with van der Waals surface area (Å²) in [4.78, 5) is 29.4. The SMILES string of the molecule is Cc1cccc(-c2[nH]cnc2-c2ccc3ncc(C(=O)OCCCNC4CCNCC4)cc3c2)n1. The molecule has 1 aromatic carbocycles. The molecule has 0 amide bonds. The Bertz CT molecular complexity index is 1310. The van der Waals surface area contributed by atoms with Gasteiger partial charge in [-0.05, 0) is 76.2 Å². The van der Waals surface area contributed by atoms with E-state index < -0.39 is 0 Å². The van der Waals surface area contributed by atoms with E-state index in [0.29, 0.717) is 18.2 Å². The standard InChI is InChI=1S/C27H30N6O2/c1-18-4-2-5-24(33-18)26-25(31-17-32-26)19-6-7-23-20(14-19)15-21(16-30-23)27(34)35-13-3-10-29-22-8-11-28-12-9-22/h2,4-7,14-17,22,28-29H,3,8-13H2,1H3,(H,31,32). The lowest BCUT2D eigenvalue weighted by molar-refractivity contribution is 0.0499. The summed E-state index contributed by atoms with van der Waals surface area (Å²) in [6, 6.07) is 14.2. The van der Waals surface area contributed by atoms with E-state index in [9.17, 15) is 4.79 Å². The first kappa shape index (κ1) is 23.1. The Morgan fingerprint density at radius 3 is 2.89 bits per heavy atom. The number of nitrogens with one attached hydrogen (secondary N) is 3. The predicted molar refractivity (Wildman–Crippen MR) is 136 cm³/mol. The molecule has 35 heavy (non-hydrogen) atoms. The van der Waals surface area contributed by atoms with E-state index in [0.717, 1.165) is 78.1 Å². The Labute approximate surface area is 204 Å². The molecule has 0 atom stereocenters. The van der Waals surface area contributed by atoms with Gasteiger partial charge in [-0.1, -0.05) is 12.1 Å². The number of aromatic nitrogens is 4. The van der Waals surface area contributed by atoms with Crippen LogP contribution in [0.3, 0.4) is 0 Å². The molecule has 1 aliphatic heterocycles. The van der Waals surface area contributed by atoms with E-state index in [1.54, 1.807) is 12.5 Å². The number of aromatic amines is 1. The minimum Gasteiger partial charge on any atom is -0.462 e. The molecule has 0 unspecified atom stereocenters. The zero-order chi connectivity index (χ0) is 24.0. The zero-order valence-electron chi connectivity index (χ0n) is 19.9. The molecule has 4 heterocycles. The average Bonchev–Trinajstić information content (AvgIpc) is 3.38. The number of hydrogen-bond acceptors (Lipinski definition) is 7. The molecule has 4 aromatic rings. The molecule has 8 heteroatoms. The zero-order valence-corrected chi connectivity index (χ0v) is 19.9. The summed E-state index contributed by atoms with van der Waals surface area (Å²) in [6.45, 7) is 5.32. The van der Waals surface area contributed by atoms with E-state index in [2.05, 4.69) is 30.6 Å². The van der Waals surface area contributed by atoms with Crippen LogP contribution in [0.4, 0.5) is 0 Å². The maximum Gasteiger partial charge on any atom is 0.339 e. The highest BCUT2D eigenvalue weighted by Gasteiger charge is 2.15. The number of esters is 1. The molecule has 0 saturated carbocycles. The molecular formula is C27H30N6O2. The number of carbonyl (C=O) groups is 1. The van der Waals surface area contributed by atoms with Crippen molar-refractivity contribution in [3.63, 3.8) is 0 Å². The van der Waals surface area contributed by atoms with Crippen LogP contribution in [-0.4, -0.2) is 58.2 Å². The maximum absolute atomic E-state index is 12.6. The number of nitrogens with zero attached hydrogens (tertiary/aromatic N) is 3. The summed E-state index contributed by atoms with van der Waals surface area (Å²) >= 11 is 0. The van der Waals surface area contributed by atoms with Crippen LogP contribution < -0.4 is 10.6 Å². The first-order valence-corrected chi connectivity index (χ1v) is 12.2. The summed E-state index contributed by atoms with van der Waals surface area (Å²) < 4.78 is 5.50. The quantitative estimate of drug-likeness (QED) is 0.265. The summed E-state index contributed by atoms with van der Waals surface area (Å²) in [5.74, 6) is -0.351. The molecule has 1 fully saturated rings. The highest BCUT2D eigenvalue weighted by molar-refractivity contribution is 5.95. The van der Waals surface area contributed by atoms with Crippen molar-refractivity contribution in [2.24, 2.45) is 0 Å². The molecule has 5 rings (SSSR count). The number of carbonyl (C=O) groups excluding carboxylic acids is 1. The second-order valence-electron chi connectivity index (χ2n) is 8.89. The van der Waals surface area contributed by atoms with Crippen LogP contribution in [0.1, 0.15) is 35.3 Å². The number of imidazole rings is 1. The molecule has 3 aromatic heterocycles. The van der Waals surface area contributed by atoms with Crippen LogP contribution in [0, 0.1) is 6.92 Å². The third-order valence-electron chi connectivity index (χ3n) is 6.30. The first-order chi connectivity index (χ1) is 17.2. The predicted octanol–water partition coefficient (Wildman–Crippen LogP) is 3.88. The van der Waals surface area contributed by atoms with Crippen LogP contribution >= 0.6 is 0 Å². The van der Waals surface area contributed by atoms with Crippen molar-refractivity contribution >= 4 is 16.9 Å². The van der Waals surface area contributed by atoms with Gasteiger partial charge in [0.1, 0.15) is 0 Å². The number of H-pyrrole nitrogens is 1. The second kappa shape index (κ2) is 10.8. The van der Waals surface area contributed by atoms with Crippen LogP contribution in [-0.2, 0) is 4.74 Å². The van der Waals surface area contributed by atoms with Gasteiger partial charge in [0.2, 0.25) is 0 Å². The normalized spacial score (nSPS) is 14.3. The molecule has 0 aliphatic carbocycles. The van der Waals surface area contributed by atoms with Crippen LogP contribution in [0.25, 0.3) is 33.5 Å². The Kier molecular flexibility index (Phi) is 7.11. The van der Waals surface area contributed by atoms with E-state index in [4.69, 9.17) is 4.74 Å². The Morgan fingerprint density at radius 1 is 1.14 bits per heavy atom. The minimum absolute atomic E-state index is 0.351. The summed E-state index contributed by atoms with van der Waals surface area (Å²) in [7, 11) is 0. The fourth-order valence-corrected chi connectivity index (χ4v) is 4.43. The maximum atomic E-state index is 12.6. The van der Waals surface area contributed by atoms with Crippen LogP contribution in [0.15, 0.2) is 55.0 Å². The van der Waals surface area contributed by atoms with E-state index in [-0.39, 0.29) is 5.97 Å². The van der Waals surface area contributed by atoms with Crippen molar-refractivity contribution in [1.82, 2.24) is 30.6 Å². The van der Waals surface area contributed by atoms with Crippen LogP contribution in [0.2, 0.25) is 0 Å². The molecule has 1 saturated heterocycles. The van der Waals surface area contributed by atoms with Gasteiger partial charge in [-0.2, -0.15) is 0 Å². The molecule has 8 nitrogen and oxygen atoms in total. The average molecular weight is 471 g/mol. The highest BCUT2D eigenvalue weighted by Crippen LogP contribution is 2.30. The molecular weight excluding hydrogens is 440 g/mol. The van der Waals surface area contributed by atoms with Gasteiger partial charge in [0.25, 0.3) is 0 Å². The van der Waals surface area contributed by atoms with Gasteiger partial charge in [-0.3, -0.25) is 9.97 Å². The van der Waals surface area contributed by atoms with Crippen molar-refractivity contribution < 1.29 is 9.53 Å². The number of ether oxygens (including phenoxy) is 1. The molecule has 3 N–H and O–H groups in total.